The number of furan rings is 1. The first-order valence-corrected chi connectivity index (χ1v) is 9.62. The number of carboxylic acid groups (broad SMARTS) is 1. The van der Waals surface area contributed by atoms with Gasteiger partial charge in [-0.25, -0.2) is 9.18 Å². The van der Waals surface area contributed by atoms with Gasteiger partial charge in [0.2, 0.25) is 0 Å². The number of carboxylic acids is 1. The molecule has 29 heavy (non-hydrogen) atoms. The van der Waals surface area contributed by atoms with E-state index in [-0.39, 0.29) is 15.8 Å². The molecule has 2 heterocycles. The number of aromatic carboxylic acids is 1. The molecule has 4 rings (SSSR count). The van der Waals surface area contributed by atoms with E-state index in [1.54, 1.807) is 42.5 Å². The van der Waals surface area contributed by atoms with Crippen LogP contribution in [0.4, 0.5) is 10.1 Å². The number of anilines is 1. The summed E-state index contributed by atoms with van der Waals surface area (Å²) in [5, 5.41) is 9.15. The van der Waals surface area contributed by atoms with Crippen LogP contribution in [0.1, 0.15) is 16.1 Å². The molecule has 1 aromatic heterocycles. The van der Waals surface area contributed by atoms with Gasteiger partial charge in [-0.15, -0.1) is 0 Å². The van der Waals surface area contributed by atoms with Gasteiger partial charge in [0.05, 0.1) is 21.7 Å². The molecule has 0 bridgehead atoms. The fourth-order valence-corrected chi connectivity index (χ4v) is 4.11. The molecule has 3 aromatic rings. The number of halogens is 1. The molecule has 5 nitrogen and oxygen atoms in total. The normalized spacial score (nSPS) is 15.3. The van der Waals surface area contributed by atoms with Crippen LogP contribution >= 0.6 is 24.0 Å². The predicted molar refractivity (Wildman–Crippen MR) is 113 cm³/mol. The quantitative estimate of drug-likeness (QED) is 0.458. The van der Waals surface area contributed by atoms with Crippen molar-refractivity contribution in [2.75, 3.05) is 4.90 Å². The fraction of sp³-hybridized carbons (Fsp3) is 0. The van der Waals surface area contributed by atoms with Crippen molar-refractivity contribution in [1.29, 1.82) is 0 Å². The van der Waals surface area contributed by atoms with Crippen LogP contribution in [0.25, 0.3) is 17.4 Å². The van der Waals surface area contributed by atoms with E-state index >= 15 is 0 Å². The molecule has 0 radical (unpaired) electrons. The number of rotatable bonds is 4. The number of thioether (sulfide) groups is 1. The van der Waals surface area contributed by atoms with Crippen LogP contribution in [0.2, 0.25) is 0 Å². The van der Waals surface area contributed by atoms with Gasteiger partial charge in [-0.05, 0) is 42.5 Å². The molecule has 1 aliphatic heterocycles. The maximum atomic E-state index is 13.9. The van der Waals surface area contributed by atoms with Crippen molar-refractivity contribution in [2.45, 2.75) is 0 Å². The average molecular weight is 425 g/mol. The van der Waals surface area contributed by atoms with Crippen LogP contribution in [0.3, 0.4) is 0 Å². The van der Waals surface area contributed by atoms with Gasteiger partial charge in [0.1, 0.15) is 17.3 Å². The Morgan fingerprint density at radius 1 is 1.14 bits per heavy atom. The molecule has 144 valence electrons. The summed E-state index contributed by atoms with van der Waals surface area (Å²) in [6, 6.07) is 15.5. The summed E-state index contributed by atoms with van der Waals surface area (Å²) in [6.45, 7) is 0. The van der Waals surface area contributed by atoms with Crippen LogP contribution in [-0.2, 0) is 4.79 Å². The topological polar surface area (TPSA) is 70.8 Å². The van der Waals surface area contributed by atoms with Crippen LogP contribution in [0.15, 0.2) is 70.0 Å². The second kappa shape index (κ2) is 7.65. The predicted octanol–water partition coefficient (Wildman–Crippen LogP) is 5.19. The molecule has 0 spiro atoms. The summed E-state index contributed by atoms with van der Waals surface area (Å²) >= 11 is 6.38. The van der Waals surface area contributed by atoms with Gasteiger partial charge in [0.15, 0.2) is 4.32 Å². The zero-order valence-electron chi connectivity index (χ0n) is 14.7. The third kappa shape index (κ3) is 3.72. The van der Waals surface area contributed by atoms with Crippen molar-refractivity contribution in [2.24, 2.45) is 0 Å². The Hall–Kier alpha value is -3.23. The Morgan fingerprint density at radius 2 is 1.93 bits per heavy atom. The molecular formula is C21H12FNO4S2. The Kier molecular flexibility index (Phi) is 5.04. The van der Waals surface area contributed by atoms with E-state index in [2.05, 4.69) is 0 Å². The number of nitrogens with zero attached hydrogens (tertiary/aromatic N) is 1. The van der Waals surface area contributed by atoms with E-state index in [4.69, 9.17) is 21.7 Å². The monoisotopic (exact) mass is 425 g/mol. The molecule has 0 saturated carbocycles. The zero-order chi connectivity index (χ0) is 20.5. The van der Waals surface area contributed by atoms with E-state index in [0.717, 1.165) is 11.8 Å². The lowest BCUT2D eigenvalue weighted by atomic mass is 10.1. The number of carbonyl (C=O) groups is 2. The van der Waals surface area contributed by atoms with Crippen LogP contribution < -0.4 is 4.90 Å². The molecule has 0 atom stereocenters. The molecule has 1 fully saturated rings. The third-order valence-electron chi connectivity index (χ3n) is 4.18. The molecule has 1 aliphatic rings. The molecule has 1 saturated heterocycles. The third-order valence-corrected chi connectivity index (χ3v) is 5.49. The van der Waals surface area contributed by atoms with E-state index in [1.165, 1.54) is 29.2 Å². The van der Waals surface area contributed by atoms with Gasteiger partial charge < -0.3 is 9.52 Å². The van der Waals surface area contributed by atoms with Crippen LogP contribution in [-0.4, -0.2) is 21.3 Å². The minimum atomic E-state index is -1.09. The van der Waals surface area contributed by atoms with Crippen molar-refractivity contribution in [1.82, 2.24) is 0 Å². The highest BCUT2D eigenvalue weighted by Gasteiger charge is 2.33. The first-order valence-electron chi connectivity index (χ1n) is 8.40. The van der Waals surface area contributed by atoms with Crippen molar-refractivity contribution < 1.29 is 23.5 Å². The van der Waals surface area contributed by atoms with Crippen molar-refractivity contribution in [3.8, 4) is 11.3 Å². The SMILES string of the molecule is O=C(O)c1cccc(N2C(=O)/C(=C\c3ccc(-c4ccccc4F)o3)SC2=S)c1. The van der Waals surface area contributed by atoms with Gasteiger partial charge in [0, 0.05) is 6.08 Å². The number of amides is 1. The highest BCUT2D eigenvalue weighted by atomic mass is 32.2. The fourth-order valence-electron chi connectivity index (χ4n) is 2.83. The number of carbonyl (C=O) groups excluding carboxylic acids is 1. The number of hydrogen-bond donors (Lipinski definition) is 1. The minimum absolute atomic E-state index is 0.0566. The van der Waals surface area contributed by atoms with Crippen LogP contribution in [0.5, 0.6) is 0 Å². The Labute approximate surface area is 174 Å². The maximum absolute atomic E-state index is 13.9. The molecule has 2 aromatic carbocycles. The number of thiocarbonyl (C=S) groups is 1. The van der Waals surface area contributed by atoms with Gasteiger partial charge in [-0.1, -0.05) is 42.2 Å². The maximum Gasteiger partial charge on any atom is 0.335 e. The minimum Gasteiger partial charge on any atom is -0.478 e. The van der Waals surface area contributed by atoms with E-state index in [9.17, 15) is 14.0 Å². The molecule has 0 aliphatic carbocycles. The summed E-state index contributed by atoms with van der Waals surface area (Å²) in [7, 11) is 0. The Balaban J connectivity index is 1.63. The summed E-state index contributed by atoms with van der Waals surface area (Å²) in [6.07, 6.45) is 1.53. The smallest absolute Gasteiger partial charge is 0.335 e. The molecular weight excluding hydrogens is 413 g/mol. The lowest BCUT2D eigenvalue weighted by Gasteiger charge is -2.14. The summed E-state index contributed by atoms with van der Waals surface area (Å²) in [5.74, 6) is -1.16. The molecule has 8 heteroatoms. The Bertz CT molecular complexity index is 1180. The van der Waals surface area contributed by atoms with E-state index in [1.807, 2.05) is 0 Å². The summed E-state index contributed by atoms with van der Waals surface area (Å²) in [4.78, 5) is 25.6. The first-order chi connectivity index (χ1) is 13.9. The van der Waals surface area contributed by atoms with Crippen molar-refractivity contribution in [3.63, 3.8) is 0 Å². The molecule has 1 N–H and O–H groups in total. The second-order valence-electron chi connectivity index (χ2n) is 6.05. The van der Waals surface area contributed by atoms with E-state index < -0.39 is 11.8 Å². The first kappa shape index (κ1) is 19.1. The van der Waals surface area contributed by atoms with Gasteiger partial charge >= 0.3 is 5.97 Å². The lowest BCUT2D eigenvalue weighted by molar-refractivity contribution is -0.113. The van der Waals surface area contributed by atoms with Gasteiger partial charge in [-0.2, -0.15) is 0 Å². The van der Waals surface area contributed by atoms with Crippen molar-refractivity contribution in [3.05, 3.63) is 82.7 Å². The highest BCUT2D eigenvalue weighted by Crippen LogP contribution is 2.37. The van der Waals surface area contributed by atoms with Gasteiger partial charge in [-0.3, -0.25) is 9.69 Å². The summed E-state index contributed by atoms with van der Waals surface area (Å²) < 4.78 is 19.9. The highest BCUT2D eigenvalue weighted by molar-refractivity contribution is 8.27. The van der Waals surface area contributed by atoms with Gasteiger partial charge in [0.25, 0.3) is 5.91 Å². The van der Waals surface area contributed by atoms with E-state index in [0.29, 0.717) is 27.7 Å². The largest absolute Gasteiger partial charge is 0.478 e. The number of hydrogen-bond acceptors (Lipinski definition) is 5. The van der Waals surface area contributed by atoms with Crippen LogP contribution in [0, 0.1) is 5.82 Å². The molecule has 0 unspecified atom stereocenters. The van der Waals surface area contributed by atoms with Crippen molar-refractivity contribution >= 4 is 51.9 Å². The zero-order valence-corrected chi connectivity index (χ0v) is 16.3. The Morgan fingerprint density at radius 3 is 2.69 bits per heavy atom. The average Bonchev–Trinajstić information content (AvgIpc) is 3.27. The summed E-state index contributed by atoms with van der Waals surface area (Å²) in [5.41, 5.74) is 0.758. The lowest BCUT2D eigenvalue weighted by Crippen LogP contribution is -2.27. The number of benzene rings is 2. The standard InChI is InChI=1S/C21H12FNO4S2/c22-16-7-2-1-6-15(16)17-9-8-14(27-17)11-18-19(24)23(21(28)29-18)13-5-3-4-12(10-13)20(25)26/h1-11H,(H,25,26)/b18-11+. The second-order valence-corrected chi connectivity index (χ2v) is 7.73. The molecule has 1 amide bonds.